The van der Waals surface area contributed by atoms with Crippen molar-refractivity contribution in [3.05, 3.63) is 23.8 Å². The lowest BCUT2D eigenvalue weighted by Crippen LogP contribution is -2.28. The molecule has 0 bridgehead atoms. The molecule has 0 aliphatic heterocycles. The van der Waals surface area contributed by atoms with Gasteiger partial charge in [-0.1, -0.05) is 6.07 Å². The number of carboxylic acids is 1. The minimum atomic E-state index is -1.16. The average molecular weight is 267 g/mol. The van der Waals surface area contributed by atoms with Gasteiger partial charge in [0.15, 0.2) is 11.5 Å². The van der Waals surface area contributed by atoms with Crippen LogP contribution in [0.25, 0.3) is 0 Å². The number of benzene rings is 1. The van der Waals surface area contributed by atoms with Crippen molar-refractivity contribution in [3.8, 4) is 11.5 Å². The maximum atomic E-state index is 11.4. The van der Waals surface area contributed by atoms with Crippen molar-refractivity contribution in [2.24, 2.45) is 0 Å². The van der Waals surface area contributed by atoms with Gasteiger partial charge >= 0.3 is 5.97 Å². The summed E-state index contributed by atoms with van der Waals surface area (Å²) in [5.74, 6) is -0.540. The predicted molar refractivity (Wildman–Crippen MR) is 68.4 cm³/mol. The van der Waals surface area contributed by atoms with Gasteiger partial charge in [-0.05, 0) is 24.6 Å². The van der Waals surface area contributed by atoms with E-state index < -0.39 is 18.3 Å². The largest absolute Gasteiger partial charge is 0.493 e. The van der Waals surface area contributed by atoms with Crippen LogP contribution < -0.4 is 14.8 Å². The molecule has 104 valence electrons. The van der Waals surface area contributed by atoms with Crippen molar-refractivity contribution in [3.63, 3.8) is 0 Å². The number of carboxylic acid groups (broad SMARTS) is 1. The highest BCUT2D eigenvalue weighted by atomic mass is 16.5. The number of aliphatic carboxylic acids is 1. The number of carbonyl (C=O) groups is 2. The monoisotopic (exact) mass is 267 g/mol. The van der Waals surface area contributed by atoms with Gasteiger partial charge in [0, 0.05) is 0 Å². The molecule has 1 amide bonds. The van der Waals surface area contributed by atoms with Crippen molar-refractivity contribution in [2.45, 2.75) is 19.4 Å². The lowest BCUT2D eigenvalue weighted by atomic mass is 10.1. The van der Waals surface area contributed by atoms with E-state index in [1.807, 2.05) is 0 Å². The van der Waals surface area contributed by atoms with Gasteiger partial charge in [-0.3, -0.25) is 9.59 Å². The smallest absolute Gasteiger partial charge is 0.312 e. The van der Waals surface area contributed by atoms with Gasteiger partial charge in [-0.15, -0.1) is 0 Å². The van der Waals surface area contributed by atoms with E-state index in [0.29, 0.717) is 11.5 Å². The van der Waals surface area contributed by atoms with E-state index in [0.717, 1.165) is 5.56 Å². The summed E-state index contributed by atoms with van der Waals surface area (Å²) in [4.78, 5) is 21.8. The fourth-order valence-electron chi connectivity index (χ4n) is 1.64. The van der Waals surface area contributed by atoms with Crippen LogP contribution in [0.2, 0.25) is 0 Å². The van der Waals surface area contributed by atoms with Crippen LogP contribution in [0.5, 0.6) is 11.5 Å². The standard InChI is InChI=1S/C13H17NO5/c1-8(14-12(15)7-13(16)17)9-4-5-10(18-2)11(6-9)19-3/h4-6,8H,7H2,1-3H3,(H,14,15)(H,16,17). The van der Waals surface area contributed by atoms with Gasteiger partial charge in [0.05, 0.1) is 20.3 Å². The molecule has 6 heteroatoms. The third-order valence-corrected chi connectivity index (χ3v) is 2.60. The molecule has 1 rings (SSSR count). The fourth-order valence-corrected chi connectivity index (χ4v) is 1.64. The first kappa shape index (κ1) is 14.8. The van der Waals surface area contributed by atoms with E-state index >= 15 is 0 Å². The summed E-state index contributed by atoms with van der Waals surface area (Å²) in [6, 6.07) is 4.94. The molecule has 1 atom stereocenters. The first-order chi connectivity index (χ1) is 8.97. The summed E-state index contributed by atoms with van der Waals surface area (Å²) in [5.41, 5.74) is 0.802. The lowest BCUT2D eigenvalue weighted by Gasteiger charge is -2.16. The third-order valence-electron chi connectivity index (χ3n) is 2.60. The van der Waals surface area contributed by atoms with Gasteiger partial charge in [0.2, 0.25) is 5.91 Å². The molecule has 0 aromatic heterocycles. The van der Waals surface area contributed by atoms with Gasteiger partial charge in [-0.2, -0.15) is 0 Å². The summed E-state index contributed by atoms with van der Waals surface area (Å²) in [7, 11) is 3.06. The average Bonchev–Trinajstić information content (AvgIpc) is 2.36. The quantitative estimate of drug-likeness (QED) is 0.760. The number of methoxy groups -OCH3 is 2. The van der Waals surface area contributed by atoms with Crippen molar-refractivity contribution in [1.29, 1.82) is 0 Å². The summed E-state index contributed by atoms with van der Waals surface area (Å²) in [5, 5.41) is 11.1. The minimum Gasteiger partial charge on any atom is -0.493 e. The molecule has 1 unspecified atom stereocenters. The van der Waals surface area contributed by atoms with E-state index in [9.17, 15) is 9.59 Å². The van der Waals surface area contributed by atoms with Crippen LogP contribution in [0, 0.1) is 0 Å². The molecule has 1 aromatic rings. The molecule has 0 fully saturated rings. The molecule has 0 aliphatic carbocycles. The molecule has 6 nitrogen and oxygen atoms in total. The molecule has 0 saturated carbocycles. The maximum Gasteiger partial charge on any atom is 0.312 e. The summed E-state index contributed by atoms with van der Waals surface area (Å²) < 4.78 is 10.3. The lowest BCUT2D eigenvalue weighted by molar-refractivity contribution is -0.140. The molecule has 0 aliphatic rings. The number of amides is 1. The zero-order valence-corrected chi connectivity index (χ0v) is 11.1. The molecule has 0 saturated heterocycles. The number of ether oxygens (including phenoxy) is 2. The van der Waals surface area contributed by atoms with Crippen LogP contribution in [-0.4, -0.2) is 31.2 Å². The molecule has 1 aromatic carbocycles. The molecule has 0 radical (unpaired) electrons. The van der Waals surface area contributed by atoms with Gasteiger partial charge in [-0.25, -0.2) is 0 Å². The first-order valence-corrected chi connectivity index (χ1v) is 5.71. The highest BCUT2D eigenvalue weighted by molar-refractivity contribution is 5.93. The molecule has 19 heavy (non-hydrogen) atoms. The highest BCUT2D eigenvalue weighted by Crippen LogP contribution is 2.29. The SMILES string of the molecule is COc1ccc(C(C)NC(=O)CC(=O)O)cc1OC. The van der Waals surface area contributed by atoms with E-state index in [4.69, 9.17) is 14.6 Å². The zero-order chi connectivity index (χ0) is 14.4. The topological polar surface area (TPSA) is 84.9 Å². The van der Waals surface area contributed by atoms with E-state index in [1.54, 1.807) is 25.1 Å². The second-order valence-electron chi connectivity index (χ2n) is 3.97. The normalized spacial score (nSPS) is 11.5. The second kappa shape index (κ2) is 6.63. The Morgan fingerprint density at radius 2 is 1.89 bits per heavy atom. The number of rotatable bonds is 6. The first-order valence-electron chi connectivity index (χ1n) is 5.71. The van der Waals surface area contributed by atoms with E-state index in [2.05, 4.69) is 5.32 Å². The third kappa shape index (κ3) is 4.17. The summed E-state index contributed by atoms with van der Waals surface area (Å²) >= 11 is 0. The van der Waals surface area contributed by atoms with Crippen molar-refractivity contribution >= 4 is 11.9 Å². The minimum absolute atomic E-state index is 0.313. The zero-order valence-electron chi connectivity index (χ0n) is 11.1. The number of hydrogen-bond donors (Lipinski definition) is 2. The van der Waals surface area contributed by atoms with Crippen LogP contribution in [0.1, 0.15) is 24.9 Å². The Balaban J connectivity index is 2.79. The van der Waals surface area contributed by atoms with Crippen LogP contribution >= 0.6 is 0 Å². The Bertz CT molecular complexity index is 472. The van der Waals surface area contributed by atoms with Crippen LogP contribution in [0.4, 0.5) is 0 Å². The Morgan fingerprint density at radius 3 is 2.42 bits per heavy atom. The number of nitrogens with one attached hydrogen (secondary N) is 1. The maximum absolute atomic E-state index is 11.4. The molecule has 0 spiro atoms. The van der Waals surface area contributed by atoms with E-state index in [-0.39, 0.29) is 6.04 Å². The van der Waals surface area contributed by atoms with Crippen LogP contribution in [0.3, 0.4) is 0 Å². The fraction of sp³-hybridized carbons (Fsp3) is 0.385. The highest BCUT2D eigenvalue weighted by Gasteiger charge is 2.14. The van der Waals surface area contributed by atoms with Crippen molar-refractivity contribution in [1.82, 2.24) is 5.32 Å². The Labute approximate surface area is 111 Å². The molecular weight excluding hydrogens is 250 g/mol. The number of hydrogen-bond acceptors (Lipinski definition) is 4. The van der Waals surface area contributed by atoms with Crippen LogP contribution in [0.15, 0.2) is 18.2 Å². The predicted octanol–water partition coefficient (Wildman–Crippen LogP) is 1.36. The summed E-state index contributed by atoms with van der Waals surface area (Å²) in [6.45, 7) is 1.76. The Morgan fingerprint density at radius 1 is 1.26 bits per heavy atom. The van der Waals surface area contributed by atoms with Gasteiger partial charge < -0.3 is 19.9 Å². The molecule has 2 N–H and O–H groups in total. The van der Waals surface area contributed by atoms with Crippen LogP contribution in [-0.2, 0) is 9.59 Å². The van der Waals surface area contributed by atoms with Gasteiger partial charge in [0.25, 0.3) is 0 Å². The molecular formula is C13H17NO5. The Hall–Kier alpha value is -2.24. The summed E-state index contributed by atoms with van der Waals surface area (Å²) in [6.07, 6.45) is -0.544. The van der Waals surface area contributed by atoms with Gasteiger partial charge in [0.1, 0.15) is 6.42 Å². The van der Waals surface area contributed by atoms with Crippen molar-refractivity contribution in [2.75, 3.05) is 14.2 Å². The number of carbonyl (C=O) groups excluding carboxylic acids is 1. The van der Waals surface area contributed by atoms with Crippen molar-refractivity contribution < 1.29 is 24.2 Å². The second-order valence-corrected chi connectivity index (χ2v) is 3.97. The van der Waals surface area contributed by atoms with E-state index in [1.165, 1.54) is 14.2 Å². The Kier molecular flexibility index (Phi) is 5.17. The molecule has 0 heterocycles.